The van der Waals surface area contributed by atoms with E-state index in [2.05, 4.69) is 0 Å². The zero-order valence-electron chi connectivity index (χ0n) is 14.5. The molecule has 0 unspecified atom stereocenters. The van der Waals surface area contributed by atoms with E-state index in [9.17, 15) is 13.2 Å². The van der Waals surface area contributed by atoms with Gasteiger partial charge in [0, 0.05) is 28.7 Å². The van der Waals surface area contributed by atoms with Crippen LogP contribution in [0.2, 0.25) is 0 Å². The maximum atomic E-state index is 13.4. The zero-order valence-corrected chi connectivity index (χ0v) is 16.2. The van der Waals surface area contributed by atoms with Crippen molar-refractivity contribution in [2.45, 2.75) is 12.7 Å². The summed E-state index contributed by atoms with van der Waals surface area (Å²) < 4.78 is 42.0. The molecule has 0 aliphatic rings. The summed E-state index contributed by atoms with van der Waals surface area (Å²) in [6.45, 7) is 0.0720. The van der Waals surface area contributed by atoms with Crippen molar-refractivity contribution in [3.8, 4) is 0 Å². The van der Waals surface area contributed by atoms with Crippen molar-refractivity contribution in [3.05, 3.63) is 71.8 Å². The van der Waals surface area contributed by atoms with Crippen LogP contribution in [-0.4, -0.2) is 4.57 Å². The first-order valence-electron chi connectivity index (χ1n) is 8.06. The van der Waals surface area contributed by atoms with Gasteiger partial charge in [0.2, 0.25) is 0 Å². The van der Waals surface area contributed by atoms with Crippen LogP contribution in [0.15, 0.2) is 60.7 Å². The number of fused-ring (bicyclic) bond motifs is 3. The number of hydrogen-bond donors (Lipinski definition) is 2. The lowest BCUT2D eigenvalue weighted by Crippen LogP contribution is -2.11. The maximum Gasteiger partial charge on any atom is 0.416 e. The van der Waals surface area contributed by atoms with Crippen LogP contribution in [0.3, 0.4) is 0 Å². The lowest BCUT2D eigenvalue weighted by atomic mass is 10.1. The molecule has 0 amide bonds. The Morgan fingerprint density at radius 3 is 1.75 bits per heavy atom. The summed E-state index contributed by atoms with van der Waals surface area (Å²) in [6, 6.07) is 16.5. The van der Waals surface area contributed by atoms with Crippen molar-refractivity contribution in [3.63, 3.8) is 0 Å². The summed E-state index contributed by atoms with van der Waals surface area (Å²) in [5.74, 6) is 0. The van der Waals surface area contributed by atoms with Gasteiger partial charge in [-0.2, -0.15) is 13.2 Å². The molecule has 0 atom stereocenters. The second-order valence-electron chi connectivity index (χ2n) is 6.29. The highest BCUT2D eigenvalue weighted by molar-refractivity contribution is 6.09. The fraction of sp³-hybridized carbons (Fsp3) is 0.100. The van der Waals surface area contributed by atoms with Crippen molar-refractivity contribution in [1.29, 1.82) is 0 Å². The van der Waals surface area contributed by atoms with E-state index in [1.54, 1.807) is 30.3 Å². The molecule has 4 aromatic rings. The van der Waals surface area contributed by atoms with Gasteiger partial charge >= 0.3 is 6.18 Å². The quantitative estimate of drug-likeness (QED) is 0.393. The Bertz CT molecular complexity index is 1080. The number of nitrogen functional groups attached to an aromatic ring is 2. The number of anilines is 2. The number of hydrogen-bond acceptors (Lipinski definition) is 2. The standard InChI is InChI=1S/C20H16F3N3.2ClH/c21-20(22,23)17-4-2-1-3-12(17)11-26-18-9-13(24)5-7-15(18)16-8-6-14(25)10-19(16)26;;/h1-10H,11,24-25H2;2*1H. The molecule has 1 heterocycles. The van der Waals surface area contributed by atoms with Gasteiger partial charge in [0.25, 0.3) is 0 Å². The van der Waals surface area contributed by atoms with Gasteiger partial charge in [0.15, 0.2) is 0 Å². The summed E-state index contributed by atoms with van der Waals surface area (Å²) in [7, 11) is 0. The van der Waals surface area contributed by atoms with Crippen LogP contribution in [0.25, 0.3) is 21.8 Å². The van der Waals surface area contributed by atoms with Gasteiger partial charge in [-0.15, -0.1) is 24.8 Å². The van der Waals surface area contributed by atoms with Crippen LogP contribution in [0.1, 0.15) is 11.1 Å². The molecule has 0 saturated heterocycles. The molecule has 0 fully saturated rings. The minimum atomic E-state index is -4.41. The Hall–Kier alpha value is -2.57. The average molecular weight is 428 g/mol. The second-order valence-corrected chi connectivity index (χ2v) is 6.29. The van der Waals surface area contributed by atoms with Crippen molar-refractivity contribution >= 4 is 58.0 Å². The van der Waals surface area contributed by atoms with Gasteiger partial charge in [-0.1, -0.05) is 30.3 Å². The molecule has 3 nitrogen and oxygen atoms in total. The number of benzene rings is 3. The summed E-state index contributed by atoms with van der Waals surface area (Å²) in [5.41, 5.74) is 14.1. The third kappa shape index (κ3) is 3.70. The first kappa shape index (κ1) is 21.7. The van der Waals surface area contributed by atoms with Gasteiger partial charge in [-0.05, 0) is 35.9 Å². The molecule has 0 spiro atoms. The Morgan fingerprint density at radius 2 is 1.25 bits per heavy atom. The van der Waals surface area contributed by atoms with Gasteiger partial charge in [-0.3, -0.25) is 0 Å². The molecular weight excluding hydrogens is 410 g/mol. The smallest absolute Gasteiger partial charge is 0.399 e. The first-order valence-corrected chi connectivity index (χ1v) is 8.06. The van der Waals surface area contributed by atoms with Crippen LogP contribution in [0.5, 0.6) is 0 Å². The predicted molar refractivity (Wildman–Crippen MR) is 113 cm³/mol. The van der Waals surface area contributed by atoms with E-state index in [0.29, 0.717) is 11.4 Å². The van der Waals surface area contributed by atoms with Crippen LogP contribution < -0.4 is 11.5 Å². The molecule has 0 radical (unpaired) electrons. The number of alkyl halides is 3. The molecule has 0 aliphatic heterocycles. The van der Waals surface area contributed by atoms with Crippen molar-refractivity contribution in [2.24, 2.45) is 0 Å². The van der Waals surface area contributed by atoms with E-state index in [0.717, 1.165) is 27.9 Å². The lowest BCUT2D eigenvalue weighted by Gasteiger charge is -2.15. The lowest BCUT2D eigenvalue weighted by molar-refractivity contribution is -0.138. The molecule has 1 aromatic heterocycles. The van der Waals surface area contributed by atoms with Crippen molar-refractivity contribution in [1.82, 2.24) is 4.57 Å². The topological polar surface area (TPSA) is 57.0 Å². The highest BCUT2D eigenvalue weighted by atomic mass is 35.5. The molecule has 148 valence electrons. The van der Waals surface area contributed by atoms with Gasteiger partial charge in [-0.25, -0.2) is 0 Å². The summed E-state index contributed by atoms with van der Waals surface area (Å²) in [4.78, 5) is 0. The van der Waals surface area contributed by atoms with E-state index in [-0.39, 0.29) is 36.9 Å². The molecule has 4 N–H and O–H groups in total. The zero-order chi connectivity index (χ0) is 18.5. The number of rotatable bonds is 2. The molecule has 8 heteroatoms. The SMILES string of the molecule is Cl.Cl.Nc1ccc2c3ccc(N)cc3n(Cc3ccccc3C(F)(F)F)c2c1. The fourth-order valence-corrected chi connectivity index (χ4v) is 3.40. The minimum Gasteiger partial charge on any atom is -0.399 e. The molecular formula is C20H18Cl2F3N3. The maximum absolute atomic E-state index is 13.4. The molecule has 4 rings (SSSR count). The largest absolute Gasteiger partial charge is 0.416 e. The van der Waals surface area contributed by atoms with E-state index in [1.165, 1.54) is 12.1 Å². The molecule has 28 heavy (non-hydrogen) atoms. The van der Waals surface area contributed by atoms with Crippen LogP contribution in [-0.2, 0) is 12.7 Å². The summed E-state index contributed by atoms with van der Waals surface area (Å²) in [5, 5.41) is 1.86. The van der Waals surface area contributed by atoms with Gasteiger partial charge in [0.05, 0.1) is 16.6 Å². The number of nitrogens with zero attached hydrogens (tertiary/aromatic N) is 1. The highest BCUT2D eigenvalue weighted by Crippen LogP contribution is 2.35. The summed E-state index contributed by atoms with van der Waals surface area (Å²) >= 11 is 0. The molecule has 0 aliphatic carbocycles. The Labute approximate surface area is 171 Å². The van der Waals surface area contributed by atoms with Crippen LogP contribution in [0.4, 0.5) is 24.5 Å². The Kier molecular flexibility index (Phi) is 6.06. The fourth-order valence-electron chi connectivity index (χ4n) is 3.40. The average Bonchev–Trinajstić information content (AvgIpc) is 2.87. The highest BCUT2D eigenvalue weighted by Gasteiger charge is 2.33. The van der Waals surface area contributed by atoms with E-state index < -0.39 is 11.7 Å². The second kappa shape index (κ2) is 7.81. The van der Waals surface area contributed by atoms with Crippen LogP contribution >= 0.6 is 24.8 Å². The van der Waals surface area contributed by atoms with Gasteiger partial charge in [0.1, 0.15) is 0 Å². The van der Waals surface area contributed by atoms with Crippen LogP contribution in [0, 0.1) is 0 Å². The van der Waals surface area contributed by atoms with E-state index in [4.69, 9.17) is 11.5 Å². The Morgan fingerprint density at radius 1 is 0.750 bits per heavy atom. The predicted octanol–water partition coefficient (Wildman–Crippen LogP) is 5.87. The van der Waals surface area contributed by atoms with Gasteiger partial charge < -0.3 is 16.0 Å². The van der Waals surface area contributed by atoms with E-state index in [1.807, 2.05) is 16.7 Å². The Balaban J connectivity index is 0.00000140. The normalized spacial score (nSPS) is 11.2. The van der Waals surface area contributed by atoms with Crippen molar-refractivity contribution < 1.29 is 13.2 Å². The number of aromatic nitrogens is 1. The van der Waals surface area contributed by atoms with Crippen molar-refractivity contribution in [2.75, 3.05) is 11.5 Å². The monoisotopic (exact) mass is 427 g/mol. The number of nitrogens with two attached hydrogens (primary N) is 2. The molecule has 3 aromatic carbocycles. The summed E-state index contributed by atoms with van der Waals surface area (Å²) in [6.07, 6.45) is -4.41. The first-order chi connectivity index (χ1) is 12.3. The number of halogens is 5. The molecule has 0 saturated carbocycles. The third-order valence-electron chi connectivity index (χ3n) is 4.57. The minimum absolute atomic E-state index is 0. The molecule has 0 bridgehead atoms. The van der Waals surface area contributed by atoms with E-state index >= 15 is 0 Å². The third-order valence-corrected chi connectivity index (χ3v) is 4.57.